The van der Waals surface area contributed by atoms with Crippen LogP contribution in [-0.4, -0.2) is 18.3 Å². The third kappa shape index (κ3) is 2.39. The van der Waals surface area contributed by atoms with Crippen LogP contribution in [0.1, 0.15) is 30.9 Å². The van der Waals surface area contributed by atoms with Gasteiger partial charge in [0.25, 0.3) is 0 Å². The molecule has 0 amide bonds. The van der Waals surface area contributed by atoms with Crippen molar-refractivity contribution in [2.24, 2.45) is 0 Å². The first kappa shape index (κ1) is 10.7. The summed E-state index contributed by atoms with van der Waals surface area (Å²) < 4.78 is 5.23. The van der Waals surface area contributed by atoms with Crippen LogP contribution in [0.2, 0.25) is 0 Å². The maximum Gasteiger partial charge on any atom is 0.0899 e. The van der Waals surface area contributed by atoms with Crippen LogP contribution < -0.4 is 0 Å². The minimum atomic E-state index is -0.522. The van der Waals surface area contributed by atoms with E-state index < -0.39 is 5.60 Å². The zero-order chi connectivity index (χ0) is 10.9. The minimum Gasteiger partial charge on any atom is -0.385 e. The standard InChI is InChI=1S/C13H18O2/c1-10(15-2)8-11-4-3-5-12(9-11)13(14)6-7-13/h3-5,9-10,14H,6-8H2,1-2H3. The molecule has 0 heterocycles. The van der Waals surface area contributed by atoms with Crippen LogP contribution in [0.3, 0.4) is 0 Å². The Morgan fingerprint density at radius 1 is 1.47 bits per heavy atom. The fourth-order valence-electron chi connectivity index (χ4n) is 1.81. The van der Waals surface area contributed by atoms with E-state index in [0.29, 0.717) is 0 Å². The fraction of sp³-hybridized carbons (Fsp3) is 0.538. The minimum absolute atomic E-state index is 0.231. The predicted molar refractivity (Wildman–Crippen MR) is 59.7 cm³/mol. The van der Waals surface area contributed by atoms with Gasteiger partial charge in [-0.25, -0.2) is 0 Å². The molecule has 1 aliphatic rings. The van der Waals surface area contributed by atoms with Gasteiger partial charge in [-0.1, -0.05) is 24.3 Å². The van der Waals surface area contributed by atoms with Crippen molar-refractivity contribution in [2.75, 3.05) is 7.11 Å². The van der Waals surface area contributed by atoms with E-state index in [9.17, 15) is 5.11 Å². The molecule has 1 fully saturated rings. The molecule has 1 saturated carbocycles. The summed E-state index contributed by atoms with van der Waals surface area (Å²) >= 11 is 0. The van der Waals surface area contributed by atoms with Gasteiger partial charge < -0.3 is 9.84 Å². The van der Waals surface area contributed by atoms with Gasteiger partial charge in [-0.05, 0) is 37.3 Å². The summed E-state index contributed by atoms with van der Waals surface area (Å²) in [7, 11) is 1.73. The van der Waals surface area contributed by atoms with Crippen LogP contribution in [0.25, 0.3) is 0 Å². The molecule has 1 unspecified atom stereocenters. The second-order valence-electron chi connectivity index (χ2n) is 4.48. The van der Waals surface area contributed by atoms with Crippen LogP contribution in [-0.2, 0) is 16.8 Å². The van der Waals surface area contributed by atoms with Gasteiger partial charge in [0.2, 0.25) is 0 Å². The van der Waals surface area contributed by atoms with Crippen molar-refractivity contribution >= 4 is 0 Å². The highest BCUT2D eigenvalue weighted by Gasteiger charge is 2.41. The Hall–Kier alpha value is -0.860. The summed E-state index contributed by atoms with van der Waals surface area (Å²) in [6.07, 6.45) is 2.93. The van der Waals surface area contributed by atoms with Gasteiger partial charge in [0.05, 0.1) is 11.7 Å². The lowest BCUT2D eigenvalue weighted by atomic mass is 10.0. The first-order chi connectivity index (χ1) is 7.14. The average molecular weight is 206 g/mol. The molecule has 1 aromatic carbocycles. The largest absolute Gasteiger partial charge is 0.385 e. The van der Waals surface area contributed by atoms with E-state index in [2.05, 4.69) is 19.1 Å². The smallest absolute Gasteiger partial charge is 0.0899 e. The van der Waals surface area contributed by atoms with Crippen molar-refractivity contribution in [1.82, 2.24) is 0 Å². The second kappa shape index (κ2) is 3.95. The van der Waals surface area contributed by atoms with Crippen molar-refractivity contribution in [3.05, 3.63) is 35.4 Å². The molecular weight excluding hydrogens is 188 g/mol. The number of aliphatic hydroxyl groups is 1. The van der Waals surface area contributed by atoms with Crippen LogP contribution in [0.5, 0.6) is 0 Å². The number of hydrogen-bond donors (Lipinski definition) is 1. The van der Waals surface area contributed by atoms with Gasteiger partial charge in [-0.15, -0.1) is 0 Å². The molecule has 2 rings (SSSR count). The van der Waals surface area contributed by atoms with Gasteiger partial charge in [0.1, 0.15) is 0 Å². The Kier molecular flexibility index (Phi) is 2.81. The van der Waals surface area contributed by atoms with Crippen molar-refractivity contribution < 1.29 is 9.84 Å². The topological polar surface area (TPSA) is 29.5 Å². The molecule has 1 aromatic rings. The third-order valence-electron chi connectivity index (χ3n) is 3.11. The van der Waals surface area contributed by atoms with Crippen LogP contribution in [0.15, 0.2) is 24.3 Å². The van der Waals surface area contributed by atoms with Crippen LogP contribution >= 0.6 is 0 Å². The van der Waals surface area contributed by atoms with E-state index in [1.54, 1.807) is 7.11 Å². The Labute approximate surface area is 90.9 Å². The Morgan fingerprint density at radius 3 is 2.80 bits per heavy atom. The lowest BCUT2D eigenvalue weighted by Crippen LogP contribution is -2.10. The van der Waals surface area contributed by atoms with Crippen LogP contribution in [0.4, 0.5) is 0 Å². The second-order valence-corrected chi connectivity index (χ2v) is 4.48. The summed E-state index contributed by atoms with van der Waals surface area (Å²) in [6, 6.07) is 8.21. The van der Waals surface area contributed by atoms with E-state index in [1.807, 2.05) is 12.1 Å². The molecular formula is C13H18O2. The molecule has 2 heteroatoms. The molecule has 1 atom stereocenters. The Bertz CT molecular complexity index is 342. The predicted octanol–water partition coefficient (Wildman–Crippen LogP) is 2.25. The summed E-state index contributed by atoms with van der Waals surface area (Å²) in [5, 5.41) is 9.98. The number of hydrogen-bond acceptors (Lipinski definition) is 2. The van der Waals surface area contributed by atoms with Gasteiger partial charge in [-0.2, -0.15) is 0 Å². The molecule has 82 valence electrons. The van der Waals surface area contributed by atoms with E-state index in [-0.39, 0.29) is 6.10 Å². The van der Waals surface area contributed by atoms with E-state index in [1.165, 1.54) is 5.56 Å². The van der Waals surface area contributed by atoms with Gasteiger partial charge >= 0.3 is 0 Å². The van der Waals surface area contributed by atoms with Crippen molar-refractivity contribution in [1.29, 1.82) is 0 Å². The highest BCUT2D eigenvalue weighted by molar-refractivity contribution is 5.31. The molecule has 2 nitrogen and oxygen atoms in total. The van der Waals surface area contributed by atoms with Gasteiger partial charge in [0, 0.05) is 7.11 Å². The van der Waals surface area contributed by atoms with Crippen molar-refractivity contribution in [2.45, 2.75) is 37.9 Å². The average Bonchev–Trinajstić information content (AvgIpc) is 2.98. The summed E-state index contributed by atoms with van der Waals surface area (Å²) in [5.41, 5.74) is 1.78. The molecule has 0 bridgehead atoms. The van der Waals surface area contributed by atoms with Crippen LogP contribution in [0, 0.1) is 0 Å². The third-order valence-corrected chi connectivity index (χ3v) is 3.11. The van der Waals surface area contributed by atoms with E-state index >= 15 is 0 Å². The number of rotatable bonds is 4. The monoisotopic (exact) mass is 206 g/mol. The number of benzene rings is 1. The maximum atomic E-state index is 9.98. The Morgan fingerprint density at radius 2 is 2.20 bits per heavy atom. The zero-order valence-electron chi connectivity index (χ0n) is 9.36. The fourth-order valence-corrected chi connectivity index (χ4v) is 1.81. The highest BCUT2D eigenvalue weighted by Crippen LogP contribution is 2.45. The lowest BCUT2D eigenvalue weighted by molar-refractivity contribution is 0.118. The molecule has 0 spiro atoms. The van der Waals surface area contributed by atoms with Gasteiger partial charge in [-0.3, -0.25) is 0 Å². The maximum absolute atomic E-state index is 9.98. The molecule has 0 aromatic heterocycles. The Balaban J connectivity index is 2.12. The molecule has 15 heavy (non-hydrogen) atoms. The van der Waals surface area contributed by atoms with Crippen molar-refractivity contribution in [3.63, 3.8) is 0 Å². The molecule has 0 saturated heterocycles. The SMILES string of the molecule is COC(C)Cc1cccc(C2(O)CC2)c1. The van der Waals surface area contributed by atoms with E-state index in [4.69, 9.17) is 4.74 Å². The molecule has 0 radical (unpaired) electrons. The van der Waals surface area contributed by atoms with Crippen molar-refractivity contribution in [3.8, 4) is 0 Å². The number of ether oxygens (including phenoxy) is 1. The van der Waals surface area contributed by atoms with E-state index in [0.717, 1.165) is 24.8 Å². The zero-order valence-corrected chi connectivity index (χ0v) is 9.36. The summed E-state index contributed by atoms with van der Waals surface area (Å²) in [5.74, 6) is 0. The summed E-state index contributed by atoms with van der Waals surface area (Å²) in [6.45, 7) is 2.05. The summed E-state index contributed by atoms with van der Waals surface area (Å²) in [4.78, 5) is 0. The first-order valence-corrected chi connectivity index (χ1v) is 5.49. The first-order valence-electron chi connectivity index (χ1n) is 5.49. The highest BCUT2D eigenvalue weighted by atomic mass is 16.5. The lowest BCUT2D eigenvalue weighted by Gasteiger charge is -2.12. The quantitative estimate of drug-likeness (QED) is 0.818. The normalized spacial score (nSPS) is 19.9. The number of methoxy groups -OCH3 is 1. The molecule has 1 aliphatic carbocycles. The molecule has 1 N–H and O–H groups in total. The molecule has 0 aliphatic heterocycles. The van der Waals surface area contributed by atoms with Gasteiger partial charge in [0.15, 0.2) is 0 Å².